The summed E-state index contributed by atoms with van der Waals surface area (Å²) in [6.07, 6.45) is 20.9. The Labute approximate surface area is 415 Å². The van der Waals surface area contributed by atoms with Gasteiger partial charge < -0.3 is 44.6 Å². The first-order valence-corrected chi connectivity index (χ1v) is 22.9. The van der Waals surface area contributed by atoms with Gasteiger partial charge in [-0.1, -0.05) is 105 Å². The summed E-state index contributed by atoms with van der Waals surface area (Å²) in [6.45, 7) is 5.86. The molecule has 1 aliphatic heterocycles. The zero-order valence-corrected chi connectivity index (χ0v) is 40.7. The van der Waals surface area contributed by atoms with Crippen LogP contribution < -0.4 is 15.4 Å². The third-order valence-electron chi connectivity index (χ3n) is 11.4. The number of ether oxygens (including phenoxy) is 3. The van der Waals surface area contributed by atoms with E-state index >= 15 is 0 Å². The molecule has 0 fully saturated rings. The summed E-state index contributed by atoms with van der Waals surface area (Å²) in [5, 5.41) is 7.39. The Morgan fingerprint density at radius 1 is 0.704 bits per heavy atom. The normalized spacial score (nSPS) is 11.6. The average molecular weight is 957 g/mol. The van der Waals surface area contributed by atoms with E-state index in [0.717, 1.165) is 68.6 Å². The molecule has 4 N–H and O–H groups in total. The van der Waals surface area contributed by atoms with E-state index in [2.05, 4.69) is 103 Å². The van der Waals surface area contributed by atoms with E-state index < -0.39 is 18.2 Å². The number of methoxy groups -OCH3 is 2. The molecule has 8 rings (SSSR count). The van der Waals surface area contributed by atoms with Crippen molar-refractivity contribution in [2.24, 2.45) is 0 Å². The van der Waals surface area contributed by atoms with Gasteiger partial charge in [-0.2, -0.15) is 0 Å². The van der Waals surface area contributed by atoms with E-state index in [0.29, 0.717) is 48.9 Å². The van der Waals surface area contributed by atoms with E-state index in [-0.39, 0.29) is 24.9 Å². The maximum absolute atomic E-state index is 13.9. The minimum absolute atomic E-state index is 0.202. The van der Waals surface area contributed by atoms with Crippen molar-refractivity contribution in [3.8, 4) is 65.1 Å². The van der Waals surface area contributed by atoms with E-state index in [1.807, 2.05) is 68.4 Å². The molecule has 0 bridgehead atoms. The fraction of sp³-hybridized carbons (Fsp3) is 0.250. The second-order valence-corrected chi connectivity index (χ2v) is 16.1. The number of hydrogen-bond acceptors (Lipinski definition) is 9. The topological polar surface area (TPSA) is 184 Å². The van der Waals surface area contributed by atoms with Crippen molar-refractivity contribution in [3.05, 3.63) is 150 Å². The smallest absolute Gasteiger partial charge is 0.407 e. The quantitative estimate of drug-likeness (QED) is 0.0511. The van der Waals surface area contributed by atoms with Crippen LogP contribution in [-0.2, 0) is 43.6 Å². The van der Waals surface area contributed by atoms with Gasteiger partial charge in [-0.15, -0.1) is 25.7 Å². The van der Waals surface area contributed by atoms with Gasteiger partial charge in [0, 0.05) is 43.8 Å². The number of carbonyl (C=O) groups is 4. The van der Waals surface area contributed by atoms with E-state index in [1.165, 1.54) is 7.11 Å². The van der Waals surface area contributed by atoms with E-state index in [1.54, 1.807) is 48.5 Å². The van der Waals surface area contributed by atoms with Crippen LogP contribution in [0, 0.1) is 25.7 Å². The van der Waals surface area contributed by atoms with Gasteiger partial charge in [-0.25, -0.2) is 14.8 Å². The molecule has 4 amide bonds. The molecule has 2 unspecified atom stereocenters. The van der Waals surface area contributed by atoms with Crippen molar-refractivity contribution in [2.45, 2.75) is 58.5 Å². The molecule has 15 heteroatoms. The number of benzene rings is 5. The zero-order chi connectivity index (χ0) is 51.3. The summed E-state index contributed by atoms with van der Waals surface area (Å²) in [4.78, 5) is 70.8. The SMILES string of the molecule is C#C.C#C.CCCN(Cc1ncc(-c2ccc3c4c(ccc3c2)-c2ccc(-c3cnc(CN(CCC)C(=O)C(NC(=O)OC)c5ccccc5)[nH]3)cc2CO4)[nH]1)C(=O)C(NC=O)c1ccccc1.COC. The molecule has 366 valence electrons. The van der Waals surface area contributed by atoms with Gasteiger partial charge >= 0.3 is 6.09 Å². The molecule has 0 aliphatic carbocycles. The number of fused-ring (bicyclic) bond motifs is 5. The molecule has 5 aromatic carbocycles. The second kappa shape index (κ2) is 26.8. The largest absolute Gasteiger partial charge is 0.488 e. The summed E-state index contributed by atoms with van der Waals surface area (Å²) in [5.41, 5.74) is 8.01. The minimum atomic E-state index is -0.914. The van der Waals surface area contributed by atoms with Crippen molar-refractivity contribution < 1.29 is 33.4 Å². The van der Waals surface area contributed by atoms with Crippen LogP contribution in [0.1, 0.15) is 67.1 Å². The fourth-order valence-electron chi connectivity index (χ4n) is 8.24. The van der Waals surface area contributed by atoms with Crippen LogP contribution >= 0.6 is 0 Å². The number of nitrogens with one attached hydrogen (secondary N) is 4. The van der Waals surface area contributed by atoms with Gasteiger partial charge in [-0.05, 0) is 64.2 Å². The van der Waals surface area contributed by atoms with Crippen molar-refractivity contribution in [2.75, 3.05) is 34.4 Å². The molecule has 0 radical (unpaired) electrons. The molecule has 7 aromatic rings. The molecule has 15 nitrogen and oxygen atoms in total. The highest BCUT2D eigenvalue weighted by Gasteiger charge is 2.29. The Morgan fingerprint density at radius 3 is 1.75 bits per heavy atom. The Bertz CT molecular complexity index is 2890. The third-order valence-corrected chi connectivity index (χ3v) is 11.4. The fourth-order valence-corrected chi connectivity index (χ4v) is 8.24. The molecule has 2 aromatic heterocycles. The van der Waals surface area contributed by atoms with Crippen molar-refractivity contribution in [1.29, 1.82) is 0 Å². The molecule has 71 heavy (non-hydrogen) atoms. The number of rotatable bonds is 17. The molecular formula is C56H60N8O7. The van der Waals surface area contributed by atoms with Gasteiger partial charge in [0.2, 0.25) is 18.2 Å². The first-order chi connectivity index (χ1) is 34.7. The molecule has 1 aliphatic rings. The molecule has 0 saturated heterocycles. The third kappa shape index (κ3) is 13.1. The Hall–Kier alpha value is -8.66. The summed E-state index contributed by atoms with van der Waals surface area (Å²) in [5.74, 6) is 1.62. The number of H-pyrrole nitrogens is 2. The average Bonchev–Trinajstić information content (AvgIpc) is 4.10. The van der Waals surface area contributed by atoms with Crippen molar-refractivity contribution in [3.63, 3.8) is 0 Å². The summed E-state index contributed by atoms with van der Waals surface area (Å²) < 4.78 is 15.6. The lowest BCUT2D eigenvalue weighted by atomic mass is 9.92. The standard InChI is InChI=1S/C50H50N8O6.C2H6O.2C2H2/c1-4-22-57(48(60)45(53-31-59)32-12-8-6-9-13-32)28-43-51-26-41(54-43)35-18-20-39-34(24-35)16-21-40-38-19-17-36(25-37(38)30-64-47(39)40)42-27-52-44(55-42)29-58(23-5-2)49(61)46(56-50(62)63-3)33-14-10-7-11-15-33;1-3-2;2*1-2/h6-21,24-27,31,45-46H,4-5,22-23,28-30H2,1-3H3,(H,51,54)(H,52,55)(H,53,59)(H,56,62);1-2H3;2*1-2H. The lowest BCUT2D eigenvalue weighted by Gasteiger charge is -2.27. The maximum atomic E-state index is 13.9. The van der Waals surface area contributed by atoms with E-state index in [9.17, 15) is 19.2 Å². The van der Waals surface area contributed by atoms with Crippen LogP contribution in [0.4, 0.5) is 4.79 Å². The molecule has 0 saturated carbocycles. The first-order valence-electron chi connectivity index (χ1n) is 22.9. The predicted molar refractivity (Wildman–Crippen MR) is 276 cm³/mol. The number of imidazole rings is 2. The molecule has 3 heterocycles. The number of amides is 4. The van der Waals surface area contributed by atoms with Gasteiger partial charge in [-0.3, -0.25) is 14.4 Å². The number of nitrogens with zero attached hydrogens (tertiary/aromatic N) is 4. The van der Waals surface area contributed by atoms with Gasteiger partial charge in [0.25, 0.3) is 0 Å². The maximum Gasteiger partial charge on any atom is 0.407 e. The summed E-state index contributed by atoms with van der Waals surface area (Å²) >= 11 is 0. The molecule has 2 atom stereocenters. The van der Waals surface area contributed by atoms with Gasteiger partial charge in [0.15, 0.2) is 0 Å². The van der Waals surface area contributed by atoms with Gasteiger partial charge in [0.05, 0.1) is 44.0 Å². The number of aromatic nitrogens is 4. The zero-order valence-electron chi connectivity index (χ0n) is 40.7. The Balaban J connectivity index is 0.00000128. The van der Waals surface area contributed by atoms with Crippen molar-refractivity contribution in [1.82, 2.24) is 40.4 Å². The van der Waals surface area contributed by atoms with Crippen LogP contribution in [0.5, 0.6) is 5.75 Å². The van der Waals surface area contributed by atoms with Crippen LogP contribution in [0.25, 0.3) is 44.4 Å². The Kier molecular flexibility index (Phi) is 20.1. The Morgan fingerprint density at radius 2 is 1.21 bits per heavy atom. The number of hydrogen-bond donors (Lipinski definition) is 4. The highest BCUT2D eigenvalue weighted by atomic mass is 16.5. The second-order valence-electron chi connectivity index (χ2n) is 16.1. The highest BCUT2D eigenvalue weighted by Crippen LogP contribution is 2.44. The summed E-state index contributed by atoms with van der Waals surface area (Å²) in [6, 6.07) is 33.3. The number of terminal acetylenes is 2. The number of carbonyl (C=O) groups excluding carboxylic acids is 4. The first kappa shape index (κ1) is 53.3. The number of aromatic amines is 2. The molecule has 0 spiro atoms. The highest BCUT2D eigenvalue weighted by molar-refractivity contribution is 5.98. The van der Waals surface area contributed by atoms with Crippen LogP contribution in [0.3, 0.4) is 0 Å². The lowest BCUT2D eigenvalue weighted by molar-refractivity contribution is -0.135. The van der Waals surface area contributed by atoms with Crippen molar-refractivity contribution >= 4 is 35.1 Å². The van der Waals surface area contributed by atoms with Crippen LogP contribution in [-0.4, -0.2) is 88.5 Å². The monoisotopic (exact) mass is 956 g/mol. The van der Waals surface area contributed by atoms with Crippen LogP contribution in [0.15, 0.2) is 122 Å². The van der Waals surface area contributed by atoms with Crippen LogP contribution in [0.2, 0.25) is 0 Å². The molecular weight excluding hydrogens is 897 g/mol. The minimum Gasteiger partial charge on any atom is -0.488 e. The lowest BCUT2D eigenvalue weighted by Crippen LogP contribution is -2.43. The predicted octanol–water partition coefficient (Wildman–Crippen LogP) is 9.00. The van der Waals surface area contributed by atoms with Gasteiger partial charge in [0.1, 0.15) is 36.1 Å². The number of alkyl carbamates (subject to hydrolysis) is 1. The van der Waals surface area contributed by atoms with E-state index in [4.69, 9.17) is 9.47 Å². The summed E-state index contributed by atoms with van der Waals surface area (Å²) in [7, 11) is 4.52.